The summed E-state index contributed by atoms with van der Waals surface area (Å²) in [7, 11) is 0. The first-order valence-electron chi connectivity index (χ1n) is 10.2. The van der Waals surface area contributed by atoms with Gasteiger partial charge in [-0.25, -0.2) is 4.79 Å². The Kier molecular flexibility index (Phi) is 6.72. The van der Waals surface area contributed by atoms with Crippen LogP contribution < -0.4 is 11.2 Å². The number of aromatic amines is 1. The van der Waals surface area contributed by atoms with E-state index in [9.17, 15) is 19.8 Å². The van der Waals surface area contributed by atoms with Crippen LogP contribution in [-0.2, 0) is 17.6 Å². The molecule has 1 aliphatic rings. The fourth-order valence-corrected chi connectivity index (χ4v) is 4.00. The van der Waals surface area contributed by atoms with Crippen molar-refractivity contribution >= 4 is 0 Å². The van der Waals surface area contributed by atoms with Gasteiger partial charge in [0.25, 0.3) is 5.56 Å². The van der Waals surface area contributed by atoms with Gasteiger partial charge in [-0.05, 0) is 56.2 Å². The molecule has 0 saturated carbocycles. The smallest absolute Gasteiger partial charge is 0.330 e. The van der Waals surface area contributed by atoms with E-state index >= 15 is 0 Å². The summed E-state index contributed by atoms with van der Waals surface area (Å²) in [5, 5.41) is 20.9. The highest BCUT2D eigenvalue weighted by atomic mass is 16.5. The quantitative estimate of drug-likeness (QED) is 0.654. The van der Waals surface area contributed by atoms with Crippen molar-refractivity contribution in [1.29, 1.82) is 0 Å². The summed E-state index contributed by atoms with van der Waals surface area (Å²) in [4.78, 5) is 26.2. The van der Waals surface area contributed by atoms with Crippen LogP contribution in [0.2, 0.25) is 0 Å². The highest BCUT2D eigenvalue weighted by Gasteiger charge is 2.35. The molecular formula is C22H30N2O5. The number of aromatic nitrogens is 2. The number of aryl methyl sites for hydroxylation is 3. The first-order chi connectivity index (χ1) is 13.8. The number of aliphatic hydroxyl groups excluding tert-OH is 2. The molecule has 1 aromatic heterocycles. The molecule has 4 atom stereocenters. The highest BCUT2D eigenvalue weighted by Crippen LogP contribution is 2.30. The topological polar surface area (TPSA) is 105 Å². The van der Waals surface area contributed by atoms with Gasteiger partial charge in [-0.15, -0.1) is 0 Å². The standard InChI is InChI=1S/C22H30N2O5/c1-4-15-12-24(22(28)23-21(15)27)20-11-18(26)19(29-20)9-8-16(25)10-17-13(2)6-5-7-14(17)3/h5-7,12,16,18-20,25-26H,4,8-11H2,1-3H3,(H,23,27,28)/t16-,18?,19-,20-/m0/s1. The van der Waals surface area contributed by atoms with E-state index in [4.69, 9.17) is 4.74 Å². The van der Waals surface area contributed by atoms with Crippen LogP contribution in [0.4, 0.5) is 0 Å². The van der Waals surface area contributed by atoms with Gasteiger partial charge in [0.05, 0.1) is 18.3 Å². The third kappa shape index (κ3) is 4.86. The van der Waals surface area contributed by atoms with Crippen LogP contribution in [0.1, 0.15) is 54.7 Å². The highest BCUT2D eigenvalue weighted by molar-refractivity contribution is 5.33. The van der Waals surface area contributed by atoms with Gasteiger partial charge in [-0.2, -0.15) is 0 Å². The molecule has 2 heterocycles. The zero-order valence-corrected chi connectivity index (χ0v) is 17.2. The number of hydrogen-bond acceptors (Lipinski definition) is 5. The molecule has 1 aromatic carbocycles. The number of H-pyrrole nitrogens is 1. The molecule has 1 aliphatic heterocycles. The van der Waals surface area contributed by atoms with Gasteiger partial charge in [0.15, 0.2) is 0 Å². The van der Waals surface area contributed by atoms with Crippen LogP contribution in [0.5, 0.6) is 0 Å². The summed E-state index contributed by atoms with van der Waals surface area (Å²) < 4.78 is 7.25. The number of nitrogens with zero attached hydrogens (tertiary/aromatic N) is 1. The minimum Gasteiger partial charge on any atom is -0.393 e. The number of aliphatic hydroxyl groups is 2. The average Bonchev–Trinajstić information content (AvgIpc) is 3.03. The van der Waals surface area contributed by atoms with Crippen molar-refractivity contribution < 1.29 is 14.9 Å². The summed E-state index contributed by atoms with van der Waals surface area (Å²) in [5.74, 6) is 0. The maximum absolute atomic E-state index is 12.1. The molecule has 1 saturated heterocycles. The lowest BCUT2D eigenvalue weighted by atomic mass is 9.95. The lowest BCUT2D eigenvalue weighted by Crippen LogP contribution is -2.34. The molecule has 7 nitrogen and oxygen atoms in total. The third-order valence-electron chi connectivity index (χ3n) is 5.81. The maximum atomic E-state index is 12.1. The molecule has 29 heavy (non-hydrogen) atoms. The molecule has 0 radical (unpaired) electrons. The zero-order valence-electron chi connectivity index (χ0n) is 17.2. The van der Waals surface area contributed by atoms with Gasteiger partial charge in [-0.1, -0.05) is 25.1 Å². The fourth-order valence-electron chi connectivity index (χ4n) is 4.00. The van der Waals surface area contributed by atoms with Crippen LogP contribution in [0.25, 0.3) is 0 Å². The Bertz CT molecular complexity index is 944. The summed E-state index contributed by atoms with van der Waals surface area (Å²) in [6.07, 6.45) is 1.47. The van der Waals surface area contributed by atoms with Crippen molar-refractivity contribution in [3.05, 3.63) is 67.5 Å². The Morgan fingerprint density at radius 3 is 2.62 bits per heavy atom. The Morgan fingerprint density at radius 1 is 1.28 bits per heavy atom. The molecule has 3 N–H and O–H groups in total. The van der Waals surface area contributed by atoms with Gasteiger partial charge in [0.2, 0.25) is 0 Å². The second-order valence-electron chi connectivity index (χ2n) is 7.91. The summed E-state index contributed by atoms with van der Waals surface area (Å²) in [6.45, 7) is 5.91. The number of rotatable bonds is 7. The van der Waals surface area contributed by atoms with Crippen molar-refractivity contribution in [2.45, 2.75) is 77.4 Å². The molecule has 0 amide bonds. The Hall–Kier alpha value is -2.22. The van der Waals surface area contributed by atoms with Gasteiger partial charge in [0, 0.05) is 18.2 Å². The van der Waals surface area contributed by atoms with Gasteiger partial charge in [-0.3, -0.25) is 14.3 Å². The molecule has 0 spiro atoms. The third-order valence-corrected chi connectivity index (χ3v) is 5.81. The lowest BCUT2D eigenvalue weighted by molar-refractivity contribution is -0.0301. The van der Waals surface area contributed by atoms with Crippen molar-refractivity contribution in [3.63, 3.8) is 0 Å². The van der Waals surface area contributed by atoms with Crippen LogP contribution in [0, 0.1) is 13.8 Å². The van der Waals surface area contributed by atoms with Crippen LogP contribution in [-0.4, -0.2) is 38.1 Å². The van der Waals surface area contributed by atoms with Crippen LogP contribution >= 0.6 is 0 Å². The largest absolute Gasteiger partial charge is 0.393 e. The predicted molar refractivity (Wildman–Crippen MR) is 110 cm³/mol. The van der Waals surface area contributed by atoms with E-state index in [2.05, 4.69) is 4.98 Å². The van der Waals surface area contributed by atoms with E-state index in [1.807, 2.05) is 39.0 Å². The molecular weight excluding hydrogens is 372 g/mol. The normalized spacial score (nSPS) is 22.7. The molecule has 158 valence electrons. The molecule has 3 rings (SSSR count). The fraction of sp³-hybridized carbons (Fsp3) is 0.545. The summed E-state index contributed by atoms with van der Waals surface area (Å²) in [5.41, 5.74) is 3.03. The molecule has 7 heteroatoms. The molecule has 2 aromatic rings. The van der Waals surface area contributed by atoms with Crippen LogP contribution in [0.3, 0.4) is 0 Å². The van der Waals surface area contributed by atoms with Gasteiger partial charge in [0.1, 0.15) is 6.23 Å². The molecule has 0 bridgehead atoms. The van der Waals surface area contributed by atoms with Gasteiger partial charge < -0.3 is 14.9 Å². The minimum atomic E-state index is -0.726. The predicted octanol–water partition coefficient (Wildman–Crippen LogP) is 1.75. The number of nitrogens with one attached hydrogen (secondary N) is 1. The number of benzene rings is 1. The second-order valence-corrected chi connectivity index (χ2v) is 7.91. The first kappa shape index (κ1) is 21.5. The van der Waals surface area contributed by atoms with Crippen molar-refractivity contribution in [3.8, 4) is 0 Å². The van der Waals surface area contributed by atoms with Crippen molar-refractivity contribution in [2.75, 3.05) is 0 Å². The Morgan fingerprint density at radius 2 is 1.97 bits per heavy atom. The zero-order chi connectivity index (χ0) is 21.1. The van der Waals surface area contributed by atoms with E-state index in [1.165, 1.54) is 10.8 Å². The Labute approximate surface area is 170 Å². The monoisotopic (exact) mass is 402 g/mol. The molecule has 1 unspecified atom stereocenters. The molecule has 0 aliphatic carbocycles. The van der Waals surface area contributed by atoms with E-state index < -0.39 is 35.8 Å². The van der Waals surface area contributed by atoms with E-state index in [0.717, 1.165) is 16.7 Å². The average molecular weight is 402 g/mol. The summed E-state index contributed by atoms with van der Waals surface area (Å²) >= 11 is 0. The summed E-state index contributed by atoms with van der Waals surface area (Å²) in [6, 6.07) is 6.08. The van der Waals surface area contributed by atoms with E-state index in [0.29, 0.717) is 31.2 Å². The number of ether oxygens (including phenoxy) is 1. The van der Waals surface area contributed by atoms with E-state index in [1.54, 1.807) is 0 Å². The maximum Gasteiger partial charge on any atom is 0.330 e. The van der Waals surface area contributed by atoms with Crippen molar-refractivity contribution in [1.82, 2.24) is 9.55 Å². The minimum absolute atomic E-state index is 0.271. The van der Waals surface area contributed by atoms with Crippen molar-refractivity contribution in [2.24, 2.45) is 0 Å². The van der Waals surface area contributed by atoms with Crippen LogP contribution in [0.15, 0.2) is 34.0 Å². The SMILES string of the molecule is CCc1cn([C@@H]2CC(O)[C@H](CC[C@H](O)Cc3c(C)cccc3C)O2)c(=O)[nH]c1=O. The first-order valence-corrected chi connectivity index (χ1v) is 10.2. The second kappa shape index (κ2) is 9.07. The Balaban J connectivity index is 1.62. The molecule has 1 fully saturated rings. The van der Waals surface area contributed by atoms with E-state index in [-0.39, 0.29) is 6.42 Å². The van der Waals surface area contributed by atoms with Gasteiger partial charge >= 0.3 is 5.69 Å². The lowest BCUT2D eigenvalue weighted by Gasteiger charge is -2.19. The number of hydrogen-bond donors (Lipinski definition) is 3.